The van der Waals surface area contributed by atoms with Gasteiger partial charge in [0, 0.05) is 13.2 Å². The zero-order valence-corrected chi connectivity index (χ0v) is 32.4. The standard InChI is InChI=1S/C43H84O5/c1-3-5-7-9-11-13-15-17-19-21-23-25-27-29-31-33-36-46-41-43(42-47-40-39-45-38-35-44)48-37-34-32-30-28-26-24-22-20-18-16-14-12-10-8-6-4-2/h17-20,43-44H,3-16,21-42H2,1-2H3/b19-17-,20-18-. The van der Waals surface area contributed by atoms with E-state index in [1.165, 1.54) is 167 Å². The van der Waals surface area contributed by atoms with E-state index in [1.54, 1.807) is 0 Å². The van der Waals surface area contributed by atoms with E-state index in [-0.39, 0.29) is 12.7 Å². The van der Waals surface area contributed by atoms with Crippen molar-refractivity contribution in [3.8, 4) is 0 Å². The van der Waals surface area contributed by atoms with Crippen LogP contribution in [0.4, 0.5) is 0 Å². The van der Waals surface area contributed by atoms with Gasteiger partial charge < -0.3 is 24.1 Å². The zero-order chi connectivity index (χ0) is 34.7. The van der Waals surface area contributed by atoms with Gasteiger partial charge in [-0.15, -0.1) is 0 Å². The average Bonchev–Trinajstić information content (AvgIpc) is 3.10. The molecule has 0 radical (unpaired) electrons. The Labute approximate surface area is 300 Å². The second-order valence-electron chi connectivity index (χ2n) is 13.9. The molecule has 0 saturated carbocycles. The minimum absolute atomic E-state index is 0.0277. The molecule has 0 bridgehead atoms. The first kappa shape index (κ1) is 47.3. The van der Waals surface area contributed by atoms with Crippen molar-refractivity contribution in [2.24, 2.45) is 0 Å². The summed E-state index contributed by atoms with van der Waals surface area (Å²) in [5.41, 5.74) is 0. The van der Waals surface area contributed by atoms with Gasteiger partial charge in [0.05, 0.1) is 39.6 Å². The first-order valence-corrected chi connectivity index (χ1v) is 21.1. The minimum Gasteiger partial charge on any atom is -0.394 e. The van der Waals surface area contributed by atoms with Crippen molar-refractivity contribution in [1.82, 2.24) is 0 Å². The Morgan fingerprint density at radius 2 is 0.729 bits per heavy atom. The van der Waals surface area contributed by atoms with Gasteiger partial charge in [0.1, 0.15) is 6.10 Å². The number of unbranched alkanes of at least 4 members (excludes halogenated alkanes) is 24. The fourth-order valence-corrected chi connectivity index (χ4v) is 5.91. The number of aliphatic hydroxyl groups is 1. The summed E-state index contributed by atoms with van der Waals surface area (Å²) >= 11 is 0. The molecule has 0 amide bonds. The van der Waals surface area contributed by atoms with Crippen molar-refractivity contribution in [2.45, 2.75) is 200 Å². The van der Waals surface area contributed by atoms with Crippen molar-refractivity contribution in [2.75, 3.05) is 52.9 Å². The molecule has 48 heavy (non-hydrogen) atoms. The van der Waals surface area contributed by atoms with Crippen LogP contribution in [-0.2, 0) is 18.9 Å². The summed E-state index contributed by atoms with van der Waals surface area (Å²) in [7, 11) is 0. The predicted molar refractivity (Wildman–Crippen MR) is 208 cm³/mol. The number of hydrogen-bond acceptors (Lipinski definition) is 5. The molecule has 0 aromatic heterocycles. The molecule has 0 aliphatic carbocycles. The van der Waals surface area contributed by atoms with Gasteiger partial charge >= 0.3 is 0 Å². The van der Waals surface area contributed by atoms with E-state index in [0.29, 0.717) is 33.0 Å². The average molecular weight is 681 g/mol. The first-order valence-electron chi connectivity index (χ1n) is 21.1. The summed E-state index contributed by atoms with van der Waals surface area (Å²) in [6, 6.07) is 0. The largest absolute Gasteiger partial charge is 0.394 e. The van der Waals surface area contributed by atoms with E-state index in [4.69, 9.17) is 24.1 Å². The van der Waals surface area contributed by atoms with Gasteiger partial charge in [-0.1, -0.05) is 154 Å². The molecule has 1 atom stereocenters. The van der Waals surface area contributed by atoms with E-state index in [1.807, 2.05) is 0 Å². The van der Waals surface area contributed by atoms with Crippen molar-refractivity contribution < 1.29 is 24.1 Å². The van der Waals surface area contributed by atoms with E-state index in [2.05, 4.69) is 38.2 Å². The van der Waals surface area contributed by atoms with Gasteiger partial charge in [-0.3, -0.25) is 0 Å². The smallest absolute Gasteiger partial charge is 0.104 e. The summed E-state index contributed by atoms with van der Waals surface area (Å²) in [5.74, 6) is 0. The number of ether oxygens (including phenoxy) is 4. The Kier molecular flexibility index (Phi) is 43.6. The molecule has 0 aliphatic heterocycles. The third-order valence-electron chi connectivity index (χ3n) is 9.03. The van der Waals surface area contributed by atoms with Gasteiger partial charge in [0.2, 0.25) is 0 Å². The van der Waals surface area contributed by atoms with Gasteiger partial charge in [-0.2, -0.15) is 0 Å². The number of rotatable bonds is 42. The molecule has 1 unspecified atom stereocenters. The van der Waals surface area contributed by atoms with Gasteiger partial charge in [0.25, 0.3) is 0 Å². The highest BCUT2D eigenvalue weighted by Gasteiger charge is 2.10. The van der Waals surface area contributed by atoms with Gasteiger partial charge in [0.15, 0.2) is 0 Å². The second-order valence-corrected chi connectivity index (χ2v) is 13.9. The maximum absolute atomic E-state index is 8.86. The van der Waals surface area contributed by atoms with Crippen molar-refractivity contribution in [3.05, 3.63) is 24.3 Å². The Balaban J connectivity index is 3.77. The molecule has 5 nitrogen and oxygen atoms in total. The molecular weight excluding hydrogens is 596 g/mol. The molecule has 1 N–H and O–H groups in total. The molecule has 5 heteroatoms. The van der Waals surface area contributed by atoms with Gasteiger partial charge in [-0.25, -0.2) is 0 Å². The fourth-order valence-electron chi connectivity index (χ4n) is 5.91. The van der Waals surface area contributed by atoms with Crippen molar-refractivity contribution in [3.63, 3.8) is 0 Å². The van der Waals surface area contributed by atoms with Crippen molar-refractivity contribution in [1.29, 1.82) is 0 Å². The molecule has 0 heterocycles. The van der Waals surface area contributed by atoms with Crippen LogP contribution in [-0.4, -0.2) is 64.1 Å². The Bertz CT molecular complexity index is 622. The monoisotopic (exact) mass is 681 g/mol. The molecule has 0 aromatic carbocycles. The third-order valence-corrected chi connectivity index (χ3v) is 9.03. The van der Waals surface area contributed by atoms with Crippen molar-refractivity contribution >= 4 is 0 Å². The maximum atomic E-state index is 8.86. The quantitative estimate of drug-likeness (QED) is 0.0514. The van der Waals surface area contributed by atoms with Gasteiger partial charge in [-0.05, 0) is 64.2 Å². The highest BCUT2D eigenvalue weighted by atomic mass is 16.6. The maximum Gasteiger partial charge on any atom is 0.104 e. The van der Waals surface area contributed by atoms with E-state index in [0.717, 1.165) is 26.1 Å². The topological polar surface area (TPSA) is 57.2 Å². The Morgan fingerprint density at radius 3 is 1.17 bits per heavy atom. The van der Waals surface area contributed by atoms with E-state index >= 15 is 0 Å². The summed E-state index contributed by atoms with van der Waals surface area (Å²) < 4.78 is 23.3. The lowest BCUT2D eigenvalue weighted by Crippen LogP contribution is -2.27. The normalized spacial score (nSPS) is 12.6. The molecule has 0 aliphatic rings. The van der Waals surface area contributed by atoms with Crippen LogP contribution in [0, 0.1) is 0 Å². The lowest BCUT2D eigenvalue weighted by atomic mass is 10.1. The van der Waals surface area contributed by atoms with Crippen LogP contribution in [0.3, 0.4) is 0 Å². The lowest BCUT2D eigenvalue weighted by Gasteiger charge is -2.18. The molecule has 0 fully saturated rings. The Hall–Kier alpha value is -0.720. The molecular formula is C43H84O5. The summed E-state index contributed by atoms with van der Waals surface area (Å²) in [5, 5.41) is 8.86. The number of allylic oxidation sites excluding steroid dienone is 4. The van der Waals surface area contributed by atoms with Crippen LogP contribution in [0.25, 0.3) is 0 Å². The van der Waals surface area contributed by atoms with Crippen LogP contribution in [0.5, 0.6) is 0 Å². The fraction of sp³-hybridized carbons (Fsp3) is 0.907. The second kappa shape index (κ2) is 44.3. The van der Waals surface area contributed by atoms with Crippen LogP contribution >= 0.6 is 0 Å². The molecule has 0 aromatic rings. The highest BCUT2D eigenvalue weighted by molar-refractivity contribution is 4.82. The highest BCUT2D eigenvalue weighted by Crippen LogP contribution is 2.12. The minimum atomic E-state index is -0.0277. The summed E-state index contributed by atoms with van der Waals surface area (Å²) in [6.45, 7) is 8.68. The van der Waals surface area contributed by atoms with Crippen LogP contribution < -0.4 is 0 Å². The van der Waals surface area contributed by atoms with E-state index in [9.17, 15) is 0 Å². The third kappa shape index (κ3) is 41.5. The predicted octanol–water partition coefficient (Wildman–Crippen LogP) is 12.5. The first-order chi connectivity index (χ1) is 23.8. The summed E-state index contributed by atoms with van der Waals surface area (Å²) in [4.78, 5) is 0. The summed E-state index contributed by atoms with van der Waals surface area (Å²) in [6.07, 6.45) is 46.5. The van der Waals surface area contributed by atoms with Crippen LogP contribution in [0.2, 0.25) is 0 Å². The lowest BCUT2D eigenvalue weighted by molar-refractivity contribution is -0.0688. The SMILES string of the molecule is CCCCCCCC/C=C\CCCCCCCCOCC(COCCOCCO)OCCCCCCCC/C=C\CCCCCCCC. The molecule has 0 spiro atoms. The molecule has 286 valence electrons. The van der Waals surface area contributed by atoms with Crippen LogP contribution in [0.15, 0.2) is 24.3 Å². The zero-order valence-electron chi connectivity index (χ0n) is 32.4. The Morgan fingerprint density at radius 1 is 0.375 bits per heavy atom. The number of aliphatic hydroxyl groups excluding tert-OH is 1. The van der Waals surface area contributed by atoms with E-state index < -0.39 is 0 Å². The molecule has 0 saturated heterocycles. The van der Waals surface area contributed by atoms with Crippen LogP contribution in [0.1, 0.15) is 194 Å². The molecule has 0 rings (SSSR count). The number of hydrogen-bond donors (Lipinski definition) is 1.